The maximum absolute atomic E-state index is 12.8. The van der Waals surface area contributed by atoms with Crippen molar-refractivity contribution in [2.24, 2.45) is 5.92 Å². The number of hydrogen-bond donors (Lipinski definition) is 0. The molecule has 1 unspecified atom stereocenters. The van der Waals surface area contributed by atoms with E-state index in [2.05, 4.69) is 61.8 Å². The lowest BCUT2D eigenvalue weighted by molar-refractivity contribution is -0.130. The molecule has 1 aromatic carbocycles. The molecule has 0 saturated carbocycles. The van der Waals surface area contributed by atoms with Crippen molar-refractivity contribution in [3.05, 3.63) is 53.2 Å². The second kappa shape index (κ2) is 10.1. The third kappa shape index (κ3) is 5.94. The number of amides is 2. The molecule has 168 valence electrons. The van der Waals surface area contributed by atoms with E-state index in [-0.39, 0.29) is 11.8 Å². The summed E-state index contributed by atoms with van der Waals surface area (Å²) in [4.78, 5) is 34.6. The zero-order chi connectivity index (χ0) is 22.5. The van der Waals surface area contributed by atoms with Gasteiger partial charge in [0.15, 0.2) is 5.69 Å². The minimum atomic E-state index is -0.139. The number of piperazine rings is 1. The van der Waals surface area contributed by atoms with Gasteiger partial charge in [-0.15, -0.1) is 0 Å². The first kappa shape index (κ1) is 23.0. The molecular weight excluding hydrogens is 392 g/mol. The van der Waals surface area contributed by atoms with E-state index in [1.807, 2.05) is 0 Å². The first-order valence-corrected chi connectivity index (χ1v) is 11.0. The van der Waals surface area contributed by atoms with Crippen molar-refractivity contribution in [1.29, 1.82) is 0 Å². The van der Waals surface area contributed by atoms with Gasteiger partial charge in [-0.25, -0.2) is 4.98 Å². The van der Waals surface area contributed by atoms with Crippen LogP contribution >= 0.6 is 0 Å². The summed E-state index contributed by atoms with van der Waals surface area (Å²) in [6.07, 6.45) is 1.46. The van der Waals surface area contributed by atoms with Gasteiger partial charge in [-0.2, -0.15) is 0 Å². The highest BCUT2D eigenvalue weighted by Gasteiger charge is 2.26. The molecule has 1 aromatic heterocycles. The Hall–Kier alpha value is -2.67. The monoisotopic (exact) mass is 426 g/mol. The number of aryl methyl sites for hydroxylation is 1. The number of carbonyl (C=O) groups is 2. The zero-order valence-corrected chi connectivity index (χ0v) is 19.3. The van der Waals surface area contributed by atoms with E-state index in [1.165, 1.54) is 17.4 Å². The molecule has 2 aromatic rings. The molecule has 2 heterocycles. The van der Waals surface area contributed by atoms with Crippen LogP contribution in [0.25, 0.3) is 0 Å². The fourth-order valence-corrected chi connectivity index (χ4v) is 3.74. The van der Waals surface area contributed by atoms with Gasteiger partial charge >= 0.3 is 0 Å². The van der Waals surface area contributed by atoms with Gasteiger partial charge in [0.05, 0.1) is 6.54 Å². The molecule has 1 saturated heterocycles. The molecule has 3 rings (SSSR count). The van der Waals surface area contributed by atoms with Gasteiger partial charge in [0, 0.05) is 45.7 Å². The van der Waals surface area contributed by atoms with Crippen LogP contribution in [0.4, 0.5) is 0 Å². The number of oxazole rings is 1. The first-order chi connectivity index (χ1) is 14.7. The Labute approximate surface area is 185 Å². The van der Waals surface area contributed by atoms with Crippen LogP contribution in [-0.4, -0.2) is 63.7 Å². The summed E-state index contributed by atoms with van der Waals surface area (Å²) in [5.74, 6) is 0.924. The van der Waals surface area contributed by atoms with Crippen LogP contribution in [0.15, 0.2) is 34.9 Å². The summed E-state index contributed by atoms with van der Waals surface area (Å²) in [7, 11) is 0. The van der Waals surface area contributed by atoms with E-state index in [9.17, 15) is 9.59 Å². The quantitative estimate of drug-likeness (QED) is 0.679. The highest BCUT2D eigenvalue weighted by Crippen LogP contribution is 2.19. The van der Waals surface area contributed by atoms with E-state index in [4.69, 9.17) is 4.42 Å². The van der Waals surface area contributed by atoms with Crippen molar-refractivity contribution in [2.45, 2.75) is 53.8 Å². The second-order valence-corrected chi connectivity index (χ2v) is 8.80. The van der Waals surface area contributed by atoms with Crippen LogP contribution in [0.1, 0.15) is 55.2 Å². The summed E-state index contributed by atoms with van der Waals surface area (Å²) in [6, 6.07) is 8.89. The topological polar surface area (TPSA) is 69.9 Å². The average Bonchev–Trinajstić information content (AvgIpc) is 3.22. The molecule has 1 aliphatic heterocycles. The van der Waals surface area contributed by atoms with Crippen molar-refractivity contribution < 1.29 is 14.0 Å². The van der Waals surface area contributed by atoms with Gasteiger partial charge in [0.25, 0.3) is 5.91 Å². The van der Waals surface area contributed by atoms with Crippen LogP contribution in [0.2, 0.25) is 0 Å². The third-order valence-electron chi connectivity index (χ3n) is 6.17. The van der Waals surface area contributed by atoms with E-state index in [0.29, 0.717) is 56.3 Å². The van der Waals surface area contributed by atoms with Gasteiger partial charge in [0.2, 0.25) is 11.8 Å². The fourth-order valence-electron chi connectivity index (χ4n) is 3.74. The number of hydrogen-bond acceptors (Lipinski definition) is 5. The Morgan fingerprint density at radius 3 is 2.23 bits per heavy atom. The predicted molar refractivity (Wildman–Crippen MR) is 119 cm³/mol. The molecule has 7 nitrogen and oxygen atoms in total. The number of aromatic nitrogens is 1. The molecule has 31 heavy (non-hydrogen) atoms. The highest BCUT2D eigenvalue weighted by atomic mass is 16.3. The maximum atomic E-state index is 12.8. The normalized spacial score (nSPS) is 15.6. The molecule has 2 amide bonds. The predicted octanol–water partition coefficient (Wildman–Crippen LogP) is 3.33. The molecule has 1 fully saturated rings. The van der Waals surface area contributed by atoms with Crippen molar-refractivity contribution in [3.8, 4) is 0 Å². The molecule has 0 bridgehead atoms. The molecule has 0 radical (unpaired) electrons. The van der Waals surface area contributed by atoms with Crippen molar-refractivity contribution in [3.63, 3.8) is 0 Å². The molecule has 0 spiro atoms. The first-order valence-electron chi connectivity index (χ1n) is 11.0. The Bertz CT molecular complexity index is 882. The van der Waals surface area contributed by atoms with E-state index in [1.54, 1.807) is 16.7 Å². The van der Waals surface area contributed by atoms with Gasteiger partial charge in [-0.1, -0.05) is 43.7 Å². The Morgan fingerprint density at radius 2 is 1.65 bits per heavy atom. The lowest BCUT2D eigenvalue weighted by atomic mass is 10.0. The van der Waals surface area contributed by atoms with Crippen LogP contribution < -0.4 is 0 Å². The molecule has 0 aliphatic carbocycles. The summed E-state index contributed by atoms with van der Waals surface area (Å²) >= 11 is 0. The summed E-state index contributed by atoms with van der Waals surface area (Å²) in [5.41, 5.74) is 2.82. The molecular formula is C24H34N4O3. The zero-order valence-electron chi connectivity index (χ0n) is 19.3. The highest BCUT2D eigenvalue weighted by molar-refractivity contribution is 5.92. The molecule has 1 atom stereocenters. The van der Waals surface area contributed by atoms with Crippen LogP contribution in [-0.2, 0) is 17.9 Å². The van der Waals surface area contributed by atoms with Gasteiger partial charge < -0.3 is 14.2 Å². The third-order valence-corrected chi connectivity index (χ3v) is 6.17. The average molecular weight is 427 g/mol. The SMILES string of the molecule is CC(=O)N1CCN(C(=O)c2coc(CN(Cc3ccc(C)cc3)C(C)C(C)C)n2)CC1. The minimum Gasteiger partial charge on any atom is -0.447 e. The minimum absolute atomic E-state index is 0.0451. The Kier molecular flexibility index (Phi) is 7.49. The van der Waals surface area contributed by atoms with E-state index >= 15 is 0 Å². The van der Waals surface area contributed by atoms with E-state index < -0.39 is 0 Å². The Morgan fingerprint density at radius 1 is 1.03 bits per heavy atom. The second-order valence-electron chi connectivity index (χ2n) is 8.80. The van der Waals surface area contributed by atoms with Crippen molar-refractivity contribution in [2.75, 3.05) is 26.2 Å². The van der Waals surface area contributed by atoms with Crippen LogP contribution in [0, 0.1) is 12.8 Å². The number of rotatable bonds is 7. The molecule has 1 aliphatic rings. The number of nitrogens with zero attached hydrogens (tertiary/aromatic N) is 4. The molecule has 0 N–H and O–H groups in total. The van der Waals surface area contributed by atoms with Crippen molar-refractivity contribution in [1.82, 2.24) is 19.7 Å². The summed E-state index contributed by atoms with van der Waals surface area (Å²) in [5, 5.41) is 0. The standard InChI is InChI=1S/C24H34N4O3/c1-17(2)19(4)28(14-21-8-6-18(3)7-9-21)15-23-25-22(16-31-23)24(30)27-12-10-26(11-13-27)20(5)29/h6-9,16-17,19H,10-15H2,1-5H3. The van der Waals surface area contributed by atoms with Crippen LogP contribution in [0.3, 0.4) is 0 Å². The largest absolute Gasteiger partial charge is 0.447 e. The summed E-state index contributed by atoms with van der Waals surface area (Å²) in [6.45, 7) is 13.7. The lowest BCUT2D eigenvalue weighted by Gasteiger charge is -2.33. The lowest BCUT2D eigenvalue weighted by Crippen LogP contribution is -2.50. The number of benzene rings is 1. The van der Waals surface area contributed by atoms with Gasteiger partial charge in [-0.05, 0) is 25.3 Å². The molecule has 7 heteroatoms. The maximum Gasteiger partial charge on any atom is 0.275 e. The number of carbonyl (C=O) groups excluding carboxylic acids is 2. The van der Waals surface area contributed by atoms with E-state index in [0.717, 1.165) is 6.54 Å². The van der Waals surface area contributed by atoms with Gasteiger partial charge in [-0.3, -0.25) is 14.5 Å². The van der Waals surface area contributed by atoms with Crippen LogP contribution in [0.5, 0.6) is 0 Å². The fraction of sp³-hybridized carbons (Fsp3) is 0.542. The van der Waals surface area contributed by atoms with Crippen molar-refractivity contribution >= 4 is 11.8 Å². The smallest absolute Gasteiger partial charge is 0.275 e. The Balaban J connectivity index is 1.66. The van der Waals surface area contributed by atoms with Gasteiger partial charge in [0.1, 0.15) is 6.26 Å². The summed E-state index contributed by atoms with van der Waals surface area (Å²) < 4.78 is 5.69.